The van der Waals surface area contributed by atoms with E-state index in [2.05, 4.69) is 41.3 Å². The molecule has 186 valence electrons. The second-order valence-electron chi connectivity index (χ2n) is 10.5. The molecule has 1 aliphatic carbocycles. The topological polar surface area (TPSA) is 69.9 Å². The predicted molar refractivity (Wildman–Crippen MR) is 137 cm³/mol. The fourth-order valence-corrected chi connectivity index (χ4v) is 6.25. The molecular weight excluding hydrogens is 436 g/mol. The minimum atomic E-state index is -0.504. The van der Waals surface area contributed by atoms with E-state index in [1.807, 2.05) is 29.2 Å². The predicted octanol–water partition coefficient (Wildman–Crippen LogP) is 3.06. The third-order valence-electron chi connectivity index (χ3n) is 8.16. The summed E-state index contributed by atoms with van der Waals surface area (Å²) in [4.78, 5) is 33.1. The molecule has 2 amide bonds. The van der Waals surface area contributed by atoms with Crippen LogP contribution in [-0.4, -0.2) is 70.9 Å². The number of hydrogen-bond acceptors (Lipinski definition) is 4. The van der Waals surface area contributed by atoms with E-state index in [1.165, 1.54) is 17.5 Å². The lowest BCUT2D eigenvalue weighted by atomic mass is 9.83. The molecule has 35 heavy (non-hydrogen) atoms. The van der Waals surface area contributed by atoms with Gasteiger partial charge in [-0.3, -0.25) is 14.5 Å². The van der Waals surface area contributed by atoms with Gasteiger partial charge in [0.1, 0.15) is 12.7 Å². The normalized spacial score (nSPS) is 24.4. The van der Waals surface area contributed by atoms with Crippen molar-refractivity contribution in [3.8, 4) is 0 Å². The third kappa shape index (κ3) is 5.44. The molecule has 0 spiro atoms. The second kappa shape index (κ2) is 10.9. The summed E-state index contributed by atoms with van der Waals surface area (Å²) < 4.78 is 0. The Morgan fingerprint density at radius 3 is 2.26 bits per heavy atom. The van der Waals surface area contributed by atoms with Gasteiger partial charge in [0.05, 0.1) is 12.1 Å². The molecule has 2 aromatic carbocycles. The number of piperazine rings is 1. The molecule has 6 heteroatoms. The Morgan fingerprint density at radius 1 is 0.914 bits per heavy atom. The van der Waals surface area contributed by atoms with Gasteiger partial charge in [-0.15, -0.1) is 0 Å². The highest BCUT2D eigenvalue weighted by Gasteiger charge is 2.48. The number of benzene rings is 2. The Bertz CT molecular complexity index is 992. The Morgan fingerprint density at radius 2 is 1.57 bits per heavy atom. The van der Waals surface area contributed by atoms with Crippen LogP contribution in [0.5, 0.6) is 0 Å². The van der Waals surface area contributed by atoms with Crippen molar-refractivity contribution in [3.05, 3.63) is 71.8 Å². The van der Waals surface area contributed by atoms with Crippen LogP contribution in [0.15, 0.2) is 60.7 Å². The highest BCUT2D eigenvalue weighted by Crippen LogP contribution is 2.31. The first-order valence-electron chi connectivity index (χ1n) is 13.3. The van der Waals surface area contributed by atoms with Crippen LogP contribution < -0.4 is 5.73 Å². The zero-order valence-corrected chi connectivity index (χ0v) is 20.6. The zero-order valence-electron chi connectivity index (χ0n) is 20.6. The van der Waals surface area contributed by atoms with Gasteiger partial charge in [-0.25, -0.2) is 0 Å². The smallest absolute Gasteiger partial charge is 0.244 e. The maximum Gasteiger partial charge on any atom is 0.244 e. The summed E-state index contributed by atoms with van der Waals surface area (Å²) in [6.07, 6.45) is 7.07. The minimum absolute atomic E-state index is 0.0406. The number of hydrogen-bond donors (Lipinski definition) is 1. The Kier molecular flexibility index (Phi) is 7.49. The maximum atomic E-state index is 13.6. The van der Waals surface area contributed by atoms with Crippen molar-refractivity contribution in [3.63, 3.8) is 0 Å². The lowest BCUT2D eigenvalue weighted by Gasteiger charge is -2.45. The Balaban J connectivity index is 1.35. The Labute approximate surface area is 209 Å². The van der Waals surface area contributed by atoms with Crippen LogP contribution in [0.2, 0.25) is 0 Å². The second-order valence-corrected chi connectivity index (χ2v) is 10.5. The van der Waals surface area contributed by atoms with E-state index in [4.69, 9.17) is 5.73 Å². The lowest BCUT2D eigenvalue weighted by molar-refractivity contribution is -0.139. The van der Waals surface area contributed by atoms with Gasteiger partial charge in [0.25, 0.3) is 0 Å². The highest BCUT2D eigenvalue weighted by atomic mass is 16.2. The van der Waals surface area contributed by atoms with Crippen molar-refractivity contribution in [2.45, 2.75) is 63.2 Å². The van der Waals surface area contributed by atoms with Gasteiger partial charge in [-0.05, 0) is 42.7 Å². The van der Waals surface area contributed by atoms with Gasteiger partial charge in [-0.1, -0.05) is 79.9 Å². The lowest BCUT2D eigenvalue weighted by Crippen LogP contribution is -2.63. The quantitative estimate of drug-likeness (QED) is 0.670. The van der Waals surface area contributed by atoms with Crippen molar-refractivity contribution in [1.29, 1.82) is 0 Å². The van der Waals surface area contributed by atoms with E-state index in [1.54, 1.807) is 4.90 Å². The molecule has 0 radical (unpaired) electrons. The van der Waals surface area contributed by atoms with Crippen molar-refractivity contribution in [1.82, 2.24) is 14.7 Å². The molecule has 2 saturated heterocycles. The van der Waals surface area contributed by atoms with Gasteiger partial charge in [0.2, 0.25) is 11.8 Å². The molecule has 0 aromatic heterocycles. The van der Waals surface area contributed by atoms with Crippen molar-refractivity contribution >= 4 is 11.8 Å². The summed E-state index contributed by atoms with van der Waals surface area (Å²) in [5, 5.41) is 0. The molecule has 2 heterocycles. The molecule has 0 unspecified atom stereocenters. The van der Waals surface area contributed by atoms with Crippen LogP contribution in [0.25, 0.3) is 0 Å². The van der Waals surface area contributed by atoms with E-state index in [0.717, 1.165) is 51.6 Å². The van der Waals surface area contributed by atoms with E-state index >= 15 is 0 Å². The molecule has 3 atom stereocenters. The zero-order chi connectivity index (χ0) is 24.2. The van der Waals surface area contributed by atoms with Crippen LogP contribution in [0.3, 0.4) is 0 Å². The van der Waals surface area contributed by atoms with E-state index in [9.17, 15) is 9.59 Å². The third-order valence-corrected chi connectivity index (χ3v) is 8.16. The van der Waals surface area contributed by atoms with Crippen molar-refractivity contribution in [2.75, 3.05) is 26.2 Å². The first-order valence-corrected chi connectivity index (χ1v) is 13.3. The van der Waals surface area contributed by atoms with E-state index < -0.39 is 6.04 Å². The summed E-state index contributed by atoms with van der Waals surface area (Å²) in [5.41, 5.74) is 9.06. The minimum Gasteiger partial charge on any atom is -0.320 e. The molecule has 0 bridgehead atoms. The largest absolute Gasteiger partial charge is 0.320 e. The molecule has 2 aromatic rings. The highest BCUT2D eigenvalue weighted by molar-refractivity contribution is 5.91. The summed E-state index contributed by atoms with van der Waals surface area (Å²) in [7, 11) is 0. The first-order chi connectivity index (χ1) is 17.1. The van der Waals surface area contributed by atoms with Gasteiger partial charge in [-0.2, -0.15) is 0 Å². The fourth-order valence-electron chi connectivity index (χ4n) is 6.25. The molecule has 3 fully saturated rings. The van der Waals surface area contributed by atoms with Gasteiger partial charge < -0.3 is 15.5 Å². The van der Waals surface area contributed by atoms with Crippen molar-refractivity contribution in [2.24, 2.45) is 11.7 Å². The van der Waals surface area contributed by atoms with Crippen LogP contribution in [0, 0.1) is 5.92 Å². The molecule has 2 N–H and O–H groups in total. The summed E-state index contributed by atoms with van der Waals surface area (Å²) in [6, 6.07) is 20.4. The SMILES string of the molecule is N[C@H](C(=O)N1CC(=O)N2[C@@H](Cc3ccccc3)CN(CCc3ccccc3)C[C@H]12)C1CCCCC1. The fraction of sp³-hybridized carbons (Fsp3) is 0.517. The standard InChI is InChI=1S/C29H38N4O2/c30-28(24-14-8-3-9-15-24)29(35)32-21-27(34)33-25(18-23-12-6-2-7-13-23)19-31(20-26(32)33)17-16-22-10-4-1-5-11-22/h1-2,4-7,10-13,24-26,28H,3,8-9,14-21,30H2/t25-,26+,28-/m0/s1. The van der Waals surface area contributed by atoms with Crippen LogP contribution >= 0.6 is 0 Å². The number of rotatable bonds is 7. The first kappa shape index (κ1) is 24.0. The summed E-state index contributed by atoms with van der Waals surface area (Å²) in [5.74, 6) is 0.252. The number of nitrogens with zero attached hydrogens (tertiary/aromatic N) is 3. The van der Waals surface area contributed by atoms with Crippen LogP contribution in [0.1, 0.15) is 43.2 Å². The van der Waals surface area contributed by atoms with Gasteiger partial charge in [0, 0.05) is 19.6 Å². The summed E-state index contributed by atoms with van der Waals surface area (Å²) >= 11 is 0. The molecule has 1 saturated carbocycles. The average molecular weight is 475 g/mol. The van der Waals surface area contributed by atoms with Crippen molar-refractivity contribution < 1.29 is 9.59 Å². The molecule has 3 aliphatic rings. The van der Waals surface area contributed by atoms with Crippen LogP contribution in [0.4, 0.5) is 0 Å². The monoisotopic (exact) mass is 474 g/mol. The molecule has 2 aliphatic heterocycles. The average Bonchev–Trinajstić information content (AvgIpc) is 3.24. The number of carbonyl (C=O) groups is 2. The maximum absolute atomic E-state index is 13.6. The number of carbonyl (C=O) groups excluding carboxylic acids is 2. The number of nitrogens with two attached hydrogens (primary N) is 1. The molecule has 6 nitrogen and oxygen atoms in total. The number of fused-ring (bicyclic) bond motifs is 1. The van der Waals surface area contributed by atoms with Gasteiger partial charge in [0.15, 0.2) is 0 Å². The van der Waals surface area contributed by atoms with Crippen LogP contribution in [-0.2, 0) is 22.4 Å². The van der Waals surface area contributed by atoms with E-state index in [0.29, 0.717) is 6.54 Å². The Hall–Kier alpha value is -2.70. The van der Waals surface area contributed by atoms with E-state index in [-0.39, 0.29) is 36.5 Å². The summed E-state index contributed by atoms with van der Waals surface area (Å²) in [6.45, 7) is 2.57. The molecule has 5 rings (SSSR count). The van der Waals surface area contributed by atoms with Gasteiger partial charge >= 0.3 is 0 Å². The molecular formula is C29H38N4O2. The number of amides is 2.